The molecule has 0 bridgehead atoms. The van der Waals surface area contributed by atoms with Gasteiger partial charge in [-0.3, -0.25) is 9.69 Å². The number of piperazine rings is 1. The molecule has 1 atom stereocenters. The maximum absolute atomic E-state index is 12.1. The summed E-state index contributed by atoms with van der Waals surface area (Å²) in [6.45, 7) is 2.59. The Morgan fingerprint density at radius 2 is 2.47 bits per heavy atom. The minimum Gasteiger partial charge on any atom is -0.313 e. The van der Waals surface area contributed by atoms with E-state index < -0.39 is 0 Å². The van der Waals surface area contributed by atoms with E-state index in [-0.39, 0.29) is 11.8 Å². The molecule has 1 saturated heterocycles. The largest absolute Gasteiger partial charge is 0.313 e. The van der Waals surface area contributed by atoms with Crippen molar-refractivity contribution in [2.24, 2.45) is 0 Å². The lowest BCUT2D eigenvalue weighted by molar-refractivity contribution is 0.0823. The van der Waals surface area contributed by atoms with Crippen molar-refractivity contribution < 1.29 is 4.79 Å². The molecule has 82 valence electrons. The molecule has 1 aliphatic heterocycles. The van der Waals surface area contributed by atoms with Crippen LogP contribution in [0.5, 0.6) is 0 Å². The minimum absolute atomic E-state index is 0.0477. The van der Waals surface area contributed by atoms with Crippen LogP contribution in [0.1, 0.15) is 9.67 Å². The highest BCUT2D eigenvalue weighted by atomic mass is 35.5. The number of carbonyl (C=O) groups excluding carboxylic acids is 1. The van der Waals surface area contributed by atoms with Crippen LogP contribution in [0.3, 0.4) is 0 Å². The molecular weight excluding hydrogens is 232 g/mol. The monoisotopic (exact) mass is 244 g/mol. The number of carbonyl (C=O) groups is 1. The van der Waals surface area contributed by atoms with Gasteiger partial charge in [-0.1, -0.05) is 11.6 Å². The van der Waals surface area contributed by atoms with Crippen molar-refractivity contribution in [3.8, 4) is 0 Å². The van der Waals surface area contributed by atoms with Gasteiger partial charge in [0, 0.05) is 19.6 Å². The summed E-state index contributed by atoms with van der Waals surface area (Å²) in [4.78, 5) is 14.9. The van der Waals surface area contributed by atoms with E-state index in [1.54, 1.807) is 12.1 Å². The van der Waals surface area contributed by atoms with Crippen LogP contribution >= 0.6 is 22.9 Å². The van der Waals surface area contributed by atoms with Crippen LogP contribution in [-0.2, 0) is 0 Å². The molecule has 1 N–H and O–H groups in total. The predicted octanol–water partition coefficient (Wildman–Crippen LogP) is 1.49. The molecular formula is C10H13ClN2OS. The molecule has 0 aromatic carbocycles. The van der Waals surface area contributed by atoms with Gasteiger partial charge in [-0.15, -0.1) is 11.3 Å². The zero-order valence-corrected chi connectivity index (χ0v) is 10.1. The van der Waals surface area contributed by atoms with E-state index in [2.05, 4.69) is 10.2 Å². The van der Waals surface area contributed by atoms with Crippen LogP contribution in [0.25, 0.3) is 0 Å². The van der Waals surface area contributed by atoms with Crippen LogP contribution in [0, 0.1) is 0 Å². The average molecular weight is 245 g/mol. The number of hydrogen-bond acceptors (Lipinski definition) is 4. The fourth-order valence-corrected chi connectivity index (χ4v) is 2.74. The number of nitrogens with one attached hydrogen (secondary N) is 1. The Kier molecular flexibility index (Phi) is 3.41. The first kappa shape index (κ1) is 11.1. The Morgan fingerprint density at radius 3 is 3.07 bits per heavy atom. The van der Waals surface area contributed by atoms with Crippen LogP contribution in [0.4, 0.5) is 0 Å². The molecule has 0 spiro atoms. The van der Waals surface area contributed by atoms with E-state index in [4.69, 9.17) is 11.6 Å². The summed E-state index contributed by atoms with van der Waals surface area (Å²) in [5.41, 5.74) is 0. The second-order valence-corrected chi connectivity index (χ2v) is 5.38. The lowest BCUT2D eigenvalue weighted by atomic mass is 10.1. The summed E-state index contributed by atoms with van der Waals surface area (Å²) in [5.74, 6) is 0.168. The Hall–Kier alpha value is -0.420. The summed E-state index contributed by atoms with van der Waals surface area (Å²) >= 11 is 7.17. The molecule has 1 aliphatic rings. The molecule has 0 aliphatic carbocycles. The van der Waals surface area contributed by atoms with Gasteiger partial charge in [-0.25, -0.2) is 0 Å². The number of thiophene rings is 1. The number of ketones is 1. The fourth-order valence-electron chi connectivity index (χ4n) is 1.71. The van der Waals surface area contributed by atoms with Gasteiger partial charge in [0.25, 0.3) is 0 Å². The number of Topliss-reactive ketones (excluding diaryl/α,β-unsaturated/α-hetero) is 1. The van der Waals surface area contributed by atoms with Crippen LogP contribution in [0.15, 0.2) is 12.1 Å². The van der Waals surface area contributed by atoms with Gasteiger partial charge in [0.1, 0.15) is 0 Å². The maximum Gasteiger partial charge on any atom is 0.191 e. The lowest BCUT2D eigenvalue weighted by Crippen LogP contribution is -2.52. The van der Waals surface area contributed by atoms with Crippen molar-refractivity contribution in [3.05, 3.63) is 21.3 Å². The van der Waals surface area contributed by atoms with Crippen LogP contribution < -0.4 is 5.32 Å². The Labute approximate surface area is 98.0 Å². The molecule has 0 saturated carbocycles. The van der Waals surface area contributed by atoms with E-state index in [0.717, 1.165) is 24.5 Å². The van der Waals surface area contributed by atoms with Crippen molar-refractivity contribution in [1.82, 2.24) is 10.2 Å². The van der Waals surface area contributed by atoms with Gasteiger partial charge in [0.05, 0.1) is 15.3 Å². The van der Waals surface area contributed by atoms with Gasteiger partial charge in [0.15, 0.2) is 5.78 Å². The second kappa shape index (κ2) is 4.61. The van der Waals surface area contributed by atoms with Crippen LogP contribution in [-0.4, -0.2) is 43.4 Å². The Bertz CT molecular complexity index is 366. The number of rotatable bonds is 2. The predicted molar refractivity (Wildman–Crippen MR) is 62.9 cm³/mol. The molecule has 0 amide bonds. The molecule has 1 unspecified atom stereocenters. The van der Waals surface area contributed by atoms with Crippen molar-refractivity contribution in [2.45, 2.75) is 6.04 Å². The first-order valence-corrected chi connectivity index (χ1v) is 6.08. The molecule has 1 aromatic rings. The zero-order chi connectivity index (χ0) is 10.8. The third-order valence-electron chi connectivity index (χ3n) is 2.63. The second-order valence-electron chi connectivity index (χ2n) is 3.67. The highest BCUT2D eigenvalue weighted by molar-refractivity contribution is 7.18. The van der Waals surface area contributed by atoms with E-state index in [1.807, 2.05) is 7.05 Å². The van der Waals surface area contributed by atoms with E-state index >= 15 is 0 Å². The SMILES string of the molecule is CN1CCNCC1C(=O)c1ccc(Cl)s1. The van der Waals surface area contributed by atoms with Crippen molar-refractivity contribution in [1.29, 1.82) is 0 Å². The number of hydrogen-bond donors (Lipinski definition) is 1. The topological polar surface area (TPSA) is 32.3 Å². The summed E-state index contributed by atoms with van der Waals surface area (Å²) in [6.07, 6.45) is 0. The fraction of sp³-hybridized carbons (Fsp3) is 0.500. The first-order valence-electron chi connectivity index (χ1n) is 4.89. The van der Waals surface area contributed by atoms with Gasteiger partial charge in [0.2, 0.25) is 0 Å². The van der Waals surface area contributed by atoms with Crippen LogP contribution in [0.2, 0.25) is 4.34 Å². The number of likely N-dealkylation sites (N-methyl/N-ethyl adjacent to an activating group) is 1. The van der Waals surface area contributed by atoms with E-state index in [1.165, 1.54) is 11.3 Å². The van der Waals surface area contributed by atoms with Gasteiger partial charge < -0.3 is 5.32 Å². The van der Waals surface area contributed by atoms with Gasteiger partial charge in [-0.2, -0.15) is 0 Å². The maximum atomic E-state index is 12.1. The zero-order valence-electron chi connectivity index (χ0n) is 8.50. The standard InChI is InChI=1S/C10H13ClN2OS/c1-13-5-4-12-6-7(13)10(14)8-2-3-9(11)15-8/h2-3,7,12H,4-6H2,1H3. The van der Waals surface area contributed by atoms with E-state index in [9.17, 15) is 4.79 Å². The molecule has 3 nitrogen and oxygen atoms in total. The minimum atomic E-state index is -0.0477. The van der Waals surface area contributed by atoms with Gasteiger partial charge >= 0.3 is 0 Å². The smallest absolute Gasteiger partial charge is 0.191 e. The molecule has 0 radical (unpaired) electrons. The highest BCUT2D eigenvalue weighted by Gasteiger charge is 2.27. The first-order chi connectivity index (χ1) is 7.18. The van der Waals surface area contributed by atoms with Crippen molar-refractivity contribution >= 4 is 28.7 Å². The van der Waals surface area contributed by atoms with Crippen molar-refractivity contribution in [3.63, 3.8) is 0 Å². The summed E-state index contributed by atoms with van der Waals surface area (Å²) in [7, 11) is 1.98. The van der Waals surface area contributed by atoms with E-state index in [0.29, 0.717) is 4.34 Å². The highest BCUT2D eigenvalue weighted by Crippen LogP contribution is 2.23. The molecule has 2 rings (SSSR count). The molecule has 1 fully saturated rings. The van der Waals surface area contributed by atoms with Gasteiger partial charge in [-0.05, 0) is 19.2 Å². The molecule has 15 heavy (non-hydrogen) atoms. The molecule has 1 aromatic heterocycles. The molecule has 2 heterocycles. The average Bonchev–Trinajstić information content (AvgIpc) is 2.65. The quantitative estimate of drug-likeness (QED) is 0.800. The lowest BCUT2D eigenvalue weighted by Gasteiger charge is -2.31. The summed E-state index contributed by atoms with van der Waals surface area (Å²) < 4.78 is 0.671. The van der Waals surface area contributed by atoms with Crippen molar-refractivity contribution in [2.75, 3.05) is 26.7 Å². The molecule has 5 heteroatoms. The third kappa shape index (κ3) is 2.39. The summed E-state index contributed by atoms with van der Waals surface area (Å²) in [6, 6.07) is 3.53. The normalized spacial score (nSPS) is 22.9. The number of nitrogens with zero attached hydrogens (tertiary/aromatic N) is 1. The number of halogens is 1. The third-order valence-corrected chi connectivity index (χ3v) is 3.88. The Balaban J connectivity index is 2.13. The summed E-state index contributed by atoms with van der Waals surface area (Å²) in [5, 5.41) is 3.23. The Morgan fingerprint density at radius 1 is 1.67 bits per heavy atom.